The van der Waals surface area contributed by atoms with Gasteiger partial charge in [0.15, 0.2) is 0 Å². The fourth-order valence-corrected chi connectivity index (χ4v) is 3.43. The zero-order valence-corrected chi connectivity index (χ0v) is 18.7. The fraction of sp³-hybridized carbons (Fsp3) is 0.240. The Labute approximate surface area is 187 Å². The third-order valence-electron chi connectivity index (χ3n) is 4.91. The molecule has 1 aromatic heterocycles. The van der Waals surface area contributed by atoms with Gasteiger partial charge >= 0.3 is 5.97 Å². The highest BCUT2D eigenvalue weighted by Gasteiger charge is 2.17. The molecule has 0 saturated carbocycles. The second-order valence-corrected chi connectivity index (χ2v) is 7.06. The van der Waals surface area contributed by atoms with E-state index in [0.717, 1.165) is 22.6 Å². The van der Waals surface area contributed by atoms with Gasteiger partial charge in [0, 0.05) is 22.5 Å². The lowest BCUT2D eigenvalue weighted by molar-refractivity contribution is 0.0526. The molecule has 0 bridgehead atoms. The van der Waals surface area contributed by atoms with Crippen molar-refractivity contribution >= 4 is 18.1 Å². The van der Waals surface area contributed by atoms with Crippen LogP contribution < -0.4 is 10.2 Å². The largest absolute Gasteiger partial charge is 0.494 e. The van der Waals surface area contributed by atoms with E-state index >= 15 is 0 Å². The van der Waals surface area contributed by atoms with Crippen molar-refractivity contribution in [2.45, 2.75) is 27.7 Å². The summed E-state index contributed by atoms with van der Waals surface area (Å²) in [6, 6.07) is 16.1. The Hall–Kier alpha value is -3.87. The van der Waals surface area contributed by atoms with Crippen LogP contribution in [0.4, 0.5) is 0 Å². The van der Waals surface area contributed by atoms with Crippen LogP contribution in [0.5, 0.6) is 5.75 Å². The van der Waals surface area contributed by atoms with Gasteiger partial charge in [-0.25, -0.2) is 10.2 Å². The highest BCUT2D eigenvalue weighted by Crippen LogP contribution is 2.23. The average molecular weight is 434 g/mol. The van der Waals surface area contributed by atoms with Crippen LogP contribution in [0.2, 0.25) is 0 Å². The van der Waals surface area contributed by atoms with Crippen molar-refractivity contribution in [1.29, 1.82) is 0 Å². The molecule has 0 aliphatic rings. The number of ether oxygens (including phenoxy) is 2. The fourth-order valence-electron chi connectivity index (χ4n) is 3.43. The molecule has 7 heteroatoms. The second-order valence-electron chi connectivity index (χ2n) is 7.06. The molecular weight excluding hydrogens is 406 g/mol. The van der Waals surface area contributed by atoms with Gasteiger partial charge in [-0.3, -0.25) is 4.79 Å². The lowest BCUT2D eigenvalue weighted by Crippen LogP contribution is -2.17. The summed E-state index contributed by atoms with van der Waals surface area (Å²) in [5.74, 6) is 0.0299. The third kappa shape index (κ3) is 5.06. The van der Waals surface area contributed by atoms with E-state index in [1.807, 2.05) is 49.6 Å². The number of aryl methyl sites for hydroxylation is 1. The van der Waals surface area contributed by atoms with E-state index in [2.05, 4.69) is 10.5 Å². The van der Waals surface area contributed by atoms with Crippen LogP contribution in [-0.4, -0.2) is 35.9 Å². The number of esters is 1. The number of para-hydroxylation sites is 1. The molecule has 0 fully saturated rings. The first-order valence-electron chi connectivity index (χ1n) is 10.5. The number of nitrogens with zero attached hydrogens (tertiary/aromatic N) is 2. The highest BCUT2D eigenvalue weighted by atomic mass is 16.5. The van der Waals surface area contributed by atoms with Gasteiger partial charge in [0.25, 0.3) is 5.91 Å². The number of amides is 1. The average Bonchev–Trinajstić information content (AvgIpc) is 3.07. The van der Waals surface area contributed by atoms with Crippen molar-refractivity contribution in [2.24, 2.45) is 5.10 Å². The molecule has 1 amide bonds. The molecule has 166 valence electrons. The Bertz CT molecular complexity index is 1130. The van der Waals surface area contributed by atoms with Crippen molar-refractivity contribution in [2.75, 3.05) is 13.2 Å². The molecule has 7 nitrogen and oxygen atoms in total. The summed E-state index contributed by atoms with van der Waals surface area (Å²) in [5, 5.41) is 4.11. The van der Waals surface area contributed by atoms with E-state index in [-0.39, 0.29) is 11.9 Å². The monoisotopic (exact) mass is 433 g/mol. The van der Waals surface area contributed by atoms with E-state index in [9.17, 15) is 9.59 Å². The van der Waals surface area contributed by atoms with Crippen molar-refractivity contribution in [1.82, 2.24) is 9.99 Å². The van der Waals surface area contributed by atoms with Gasteiger partial charge in [-0.15, -0.1) is 0 Å². The van der Waals surface area contributed by atoms with Gasteiger partial charge in [-0.05, 0) is 70.2 Å². The smallest absolute Gasteiger partial charge is 0.340 e. The number of hydrogen-bond donors (Lipinski definition) is 1. The van der Waals surface area contributed by atoms with Gasteiger partial charge in [0.1, 0.15) is 5.75 Å². The van der Waals surface area contributed by atoms with E-state index in [1.165, 1.54) is 0 Å². The summed E-state index contributed by atoms with van der Waals surface area (Å²) >= 11 is 0. The second kappa shape index (κ2) is 10.4. The molecule has 0 spiro atoms. The molecule has 0 aliphatic heterocycles. The topological polar surface area (TPSA) is 81.9 Å². The van der Waals surface area contributed by atoms with Crippen LogP contribution >= 0.6 is 0 Å². The molecular formula is C25H27N3O4. The molecule has 0 radical (unpaired) electrons. The molecule has 1 heterocycles. The molecule has 1 N–H and O–H groups in total. The van der Waals surface area contributed by atoms with Crippen molar-refractivity contribution < 1.29 is 19.1 Å². The number of rotatable bonds is 8. The lowest BCUT2D eigenvalue weighted by Gasteiger charge is -2.14. The summed E-state index contributed by atoms with van der Waals surface area (Å²) in [7, 11) is 0. The Morgan fingerprint density at radius 1 is 1.03 bits per heavy atom. The Morgan fingerprint density at radius 2 is 1.75 bits per heavy atom. The number of carbonyl (C=O) groups is 2. The number of nitrogens with one attached hydrogen (secondary N) is 1. The van der Waals surface area contributed by atoms with Crippen molar-refractivity contribution in [3.8, 4) is 11.4 Å². The Kier molecular flexibility index (Phi) is 7.44. The van der Waals surface area contributed by atoms with E-state index in [4.69, 9.17) is 9.47 Å². The molecule has 3 rings (SSSR count). The summed E-state index contributed by atoms with van der Waals surface area (Å²) in [6.07, 6.45) is 1.60. The number of carbonyl (C=O) groups excluding carboxylic acids is 2. The van der Waals surface area contributed by atoms with Crippen molar-refractivity contribution in [3.05, 3.63) is 82.7 Å². The molecule has 0 saturated heterocycles. The van der Waals surface area contributed by atoms with Gasteiger partial charge in [0.05, 0.1) is 30.7 Å². The standard InChI is InChI=1S/C25H27N3O4/c1-5-31-21-13-11-19(12-14-21)24(29)27-26-16-20-15-17(3)28(18(20)4)23-10-8-7-9-22(23)25(30)32-6-2/h7-16H,5-6H2,1-4H3,(H,27,29)/b26-16+. The van der Waals surface area contributed by atoms with Crippen LogP contribution in [-0.2, 0) is 4.74 Å². The van der Waals surface area contributed by atoms with Crippen LogP contribution in [0.1, 0.15) is 51.5 Å². The molecule has 2 aromatic carbocycles. The number of hydrazone groups is 1. The quantitative estimate of drug-likeness (QED) is 0.324. The van der Waals surface area contributed by atoms with Crippen LogP contribution in [0.25, 0.3) is 5.69 Å². The van der Waals surface area contributed by atoms with Gasteiger partial charge in [-0.1, -0.05) is 12.1 Å². The minimum Gasteiger partial charge on any atom is -0.494 e. The maximum atomic E-state index is 12.4. The first kappa shape index (κ1) is 22.8. The molecule has 3 aromatic rings. The van der Waals surface area contributed by atoms with E-state index in [1.54, 1.807) is 43.5 Å². The molecule has 0 aliphatic carbocycles. The van der Waals surface area contributed by atoms with E-state index < -0.39 is 0 Å². The molecule has 0 unspecified atom stereocenters. The minimum absolute atomic E-state index is 0.308. The number of benzene rings is 2. The number of aromatic nitrogens is 1. The SMILES string of the molecule is CCOC(=O)c1ccccc1-n1c(C)cc(/C=N/NC(=O)c2ccc(OCC)cc2)c1C. The minimum atomic E-state index is -0.367. The van der Waals surface area contributed by atoms with Crippen molar-refractivity contribution in [3.63, 3.8) is 0 Å². The predicted octanol–water partition coefficient (Wildman–Crippen LogP) is 4.43. The maximum absolute atomic E-state index is 12.4. The first-order valence-corrected chi connectivity index (χ1v) is 10.5. The van der Waals surface area contributed by atoms with Gasteiger partial charge in [0.2, 0.25) is 0 Å². The Balaban J connectivity index is 1.79. The summed E-state index contributed by atoms with van der Waals surface area (Å²) in [5.41, 5.74) is 6.90. The lowest BCUT2D eigenvalue weighted by atomic mass is 10.1. The summed E-state index contributed by atoms with van der Waals surface area (Å²) in [4.78, 5) is 24.7. The van der Waals surface area contributed by atoms with Crippen LogP contribution in [0.3, 0.4) is 0 Å². The molecule has 32 heavy (non-hydrogen) atoms. The van der Waals surface area contributed by atoms with Gasteiger partial charge in [-0.2, -0.15) is 5.10 Å². The van der Waals surface area contributed by atoms with Crippen LogP contribution in [0.15, 0.2) is 59.7 Å². The Morgan fingerprint density at radius 3 is 2.44 bits per heavy atom. The zero-order valence-electron chi connectivity index (χ0n) is 18.7. The van der Waals surface area contributed by atoms with E-state index in [0.29, 0.717) is 30.1 Å². The zero-order chi connectivity index (χ0) is 23.1. The highest BCUT2D eigenvalue weighted by molar-refractivity contribution is 5.95. The third-order valence-corrected chi connectivity index (χ3v) is 4.91. The molecule has 0 atom stereocenters. The van der Waals surface area contributed by atoms with Crippen LogP contribution in [0, 0.1) is 13.8 Å². The first-order chi connectivity index (χ1) is 15.5. The normalized spacial score (nSPS) is 10.9. The van der Waals surface area contributed by atoms with Gasteiger partial charge < -0.3 is 14.0 Å². The maximum Gasteiger partial charge on any atom is 0.340 e. The predicted molar refractivity (Wildman–Crippen MR) is 124 cm³/mol. The number of hydrogen-bond acceptors (Lipinski definition) is 5. The summed E-state index contributed by atoms with van der Waals surface area (Å²) in [6.45, 7) is 8.45. The summed E-state index contributed by atoms with van der Waals surface area (Å²) < 4.78 is 12.6.